The zero-order chi connectivity index (χ0) is 19.5. The lowest BCUT2D eigenvalue weighted by molar-refractivity contribution is -0.384. The number of non-ortho nitro benzene ring substituents is 1. The van der Waals surface area contributed by atoms with Crippen LogP contribution in [0.1, 0.15) is 5.56 Å². The molecule has 0 bridgehead atoms. The van der Waals surface area contributed by atoms with E-state index >= 15 is 0 Å². The van der Waals surface area contributed by atoms with Crippen molar-refractivity contribution in [1.29, 1.82) is 0 Å². The molecule has 0 aliphatic carbocycles. The van der Waals surface area contributed by atoms with E-state index in [9.17, 15) is 14.9 Å². The van der Waals surface area contributed by atoms with Crippen molar-refractivity contribution in [2.45, 2.75) is 0 Å². The molecule has 0 atom stereocenters. The molecule has 0 saturated heterocycles. The number of amides is 1. The minimum atomic E-state index is -0.478. The van der Waals surface area contributed by atoms with Crippen molar-refractivity contribution >= 4 is 34.1 Å². The molecule has 2 heterocycles. The summed E-state index contributed by atoms with van der Waals surface area (Å²) in [5, 5.41) is 22.1. The predicted molar refractivity (Wildman–Crippen MR) is 102 cm³/mol. The molecule has 1 N–H and O–H groups in total. The van der Waals surface area contributed by atoms with E-state index in [2.05, 4.69) is 15.5 Å². The summed E-state index contributed by atoms with van der Waals surface area (Å²) in [5.41, 5.74) is 1.31. The number of fused-ring (bicyclic) bond motifs is 1. The molecule has 1 aliphatic heterocycles. The number of nitro benzene ring substituents is 1. The van der Waals surface area contributed by atoms with Gasteiger partial charge in [-0.25, -0.2) is 0 Å². The number of hydrogen-bond donors (Lipinski definition) is 1. The number of hydrogen-bond acceptors (Lipinski definition) is 8. The first-order valence-corrected chi connectivity index (χ1v) is 8.87. The van der Waals surface area contributed by atoms with E-state index < -0.39 is 4.92 Å². The highest BCUT2D eigenvalue weighted by atomic mass is 32.1. The van der Waals surface area contributed by atoms with Gasteiger partial charge >= 0.3 is 0 Å². The molecule has 1 aliphatic rings. The molecule has 4 rings (SSSR count). The van der Waals surface area contributed by atoms with Crippen LogP contribution in [-0.4, -0.2) is 27.8 Å². The number of anilines is 1. The molecule has 140 valence electrons. The second-order valence-corrected chi connectivity index (χ2v) is 6.63. The maximum atomic E-state index is 12.1. The van der Waals surface area contributed by atoms with Crippen molar-refractivity contribution in [2.75, 3.05) is 12.1 Å². The summed E-state index contributed by atoms with van der Waals surface area (Å²) in [4.78, 5) is 22.5. The Bertz CT molecular complexity index is 1100. The predicted octanol–water partition coefficient (Wildman–Crippen LogP) is 3.49. The summed E-state index contributed by atoms with van der Waals surface area (Å²) in [6.07, 6.45) is 3.01. The minimum Gasteiger partial charge on any atom is -0.454 e. The largest absolute Gasteiger partial charge is 0.454 e. The SMILES string of the molecule is O=C(/C=C\c1ccc2c(c1)OCO2)Nc1nnc(-c2cccc([N+](=O)[O-])c2)s1. The number of carbonyl (C=O) groups excluding carboxylic acids is 1. The van der Waals surface area contributed by atoms with Crippen LogP contribution in [0.15, 0.2) is 48.5 Å². The molecular formula is C18H12N4O5S. The Kier molecular flexibility index (Phi) is 4.68. The Morgan fingerprint density at radius 3 is 2.89 bits per heavy atom. The maximum absolute atomic E-state index is 12.1. The molecule has 2 aromatic carbocycles. The Hall–Kier alpha value is -3.79. The van der Waals surface area contributed by atoms with Gasteiger partial charge in [0, 0.05) is 23.8 Å². The van der Waals surface area contributed by atoms with E-state index in [1.807, 2.05) is 6.07 Å². The van der Waals surface area contributed by atoms with Crippen molar-refractivity contribution in [2.24, 2.45) is 0 Å². The highest BCUT2D eigenvalue weighted by Gasteiger charge is 2.13. The quantitative estimate of drug-likeness (QED) is 0.398. The van der Waals surface area contributed by atoms with Crippen LogP contribution < -0.4 is 14.8 Å². The zero-order valence-electron chi connectivity index (χ0n) is 14.2. The summed E-state index contributed by atoms with van der Waals surface area (Å²) in [5.74, 6) is 0.928. The van der Waals surface area contributed by atoms with Crippen LogP contribution in [0.3, 0.4) is 0 Å². The van der Waals surface area contributed by atoms with Crippen LogP contribution in [0, 0.1) is 10.1 Å². The molecule has 0 radical (unpaired) electrons. The lowest BCUT2D eigenvalue weighted by atomic mass is 10.2. The van der Waals surface area contributed by atoms with Gasteiger partial charge in [0.05, 0.1) is 4.92 Å². The molecular weight excluding hydrogens is 384 g/mol. The van der Waals surface area contributed by atoms with Gasteiger partial charge < -0.3 is 9.47 Å². The molecule has 3 aromatic rings. The van der Waals surface area contributed by atoms with Gasteiger partial charge in [0.1, 0.15) is 5.01 Å². The van der Waals surface area contributed by atoms with Crippen LogP contribution >= 0.6 is 11.3 Å². The third-order valence-electron chi connectivity index (χ3n) is 3.78. The van der Waals surface area contributed by atoms with E-state index in [0.717, 1.165) is 16.9 Å². The van der Waals surface area contributed by atoms with Crippen LogP contribution in [-0.2, 0) is 4.79 Å². The Labute approximate surface area is 162 Å². The first-order chi connectivity index (χ1) is 13.6. The van der Waals surface area contributed by atoms with Crippen LogP contribution in [0.2, 0.25) is 0 Å². The smallest absolute Gasteiger partial charge is 0.270 e. The normalized spacial score (nSPS) is 12.3. The van der Waals surface area contributed by atoms with E-state index in [1.54, 1.807) is 30.3 Å². The molecule has 0 fully saturated rings. The number of carbonyl (C=O) groups is 1. The highest BCUT2D eigenvalue weighted by molar-refractivity contribution is 7.18. The van der Waals surface area contributed by atoms with E-state index in [1.165, 1.54) is 18.2 Å². The fraction of sp³-hybridized carbons (Fsp3) is 0.0556. The maximum Gasteiger partial charge on any atom is 0.270 e. The van der Waals surface area contributed by atoms with Crippen LogP contribution in [0.5, 0.6) is 11.5 Å². The summed E-state index contributed by atoms with van der Waals surface area (Å²) >= 11 is 1.13. The third-order valence-corrected chi connectivity index (χ3v) is 4.67. The van der Waals surface area contributed by atoms with E-state index in [0.29, 0.717) is 27.2 Å². The van der Waals surface area contributed by atoms with Gasteiger partial charge in [-0.15, -0.1) is 10.2 Å². The van der Waals surface area contributed by atoms with Crippen LogP contribution in [0.4, 0.5) is 10.8 Å². The molecule has 0 unspecified atom stereocenters. The van der Waals surface area contributed by atoms with Gasteiger partial charge in [-0.2, -0.15) is 0 Å². The van der Waals surface area contributed by atoms with Gasteiger partial charge in [-0.3, -0.25) is 20.2 Å². The Morgan fingerprint density at radius 1 is 1.18 bits per heavy atom. The van der Waals surface area contributed by atoms with Crippen LogP contribution in [0.25, 0.3) is 16.6 Å². The summed E-state index contributed by atoms with van der Waals surface area (Å²) in [6, 6.07) is 11.4. The minimum absolute atomic E-state index is 0.0371. The van der Waals surface area contributed by atoms with Gasteiger partial charge in [0.25, 0.3) is 5.69 Å². The van der Waals surface area contributed by atoms with Gasteiger partial charge in [-0.05, 0) is 23.8 Å². The average molecular weight is 396 g/mol. The molecule has 28 heavy (non-hydrogen) atoms. The Morgan fingerprint density at radius 2 is 2.04 bits per heavy atom. The first kappa shape index (κ1) is 17.6. The topological polar surface area (TPSA) is 116 Å². The summed E-state index contributed by atoms with van der Waals surface area (Å²) in [6.45, 7) is 0.187. The summed E-state index contributed by atoms with van der Waals surface area (Å²) < 4.78 is 10.5. The van der Waals surface area contributed by atoms with Crippen molar-refractivity contribution < 1.29 is 19.2 Å². The van der Waals surface area contributed by atoms with Crippen molar-refractivity contribution in [1.82, 2.24) is 10.2 Å². The fourth-order valence-electron chi connectivity index (χ4n) is 2.48. The fourth-order valence-corrected chi connectivity index (χ4v) is 3.22. The first-order valence-electron chi connectivity index (χ1n) is 8.05. The molecule has 1 amide bonds. The standard InChI is InChI=1S/C18H12N4O5S/c23-16(7-5-11-4-6-14-15(8-11)27-10-26-14)19-18-21-20-17(28-18)12-2-1-3-13(9-12)22(24)25/h1-9H,10H2,(H,19,21,23)/b7-5-. The number of aromatic nitrogens is 2. The van der Waals surface area contributed by atoms with Crippen molar-refractivity contribution in [3.63, 3.8) is 0 Å². The second-order valence-electron chi connectivity index (χ2n) is 5.66. The number of nitrogens with one attached hydrogen (secondary N) is 1. The number of nitrogens with zero attached hydrogens (tertiary/aromatic N) is 3. The van der Waals surface area contributed by atoms with Crippen molar-refractivity contribution in [3.05, 3.63) is 64.2 Å². The van der Waals surface area contributed by atoms with Crippen molar-refractivity contribution in [3.8, 4) is 22.1 Å². The molecule has 10 heteroatoms. The third kappa shape index (κ3) is 3.81. The number of benzene rings is 2. The molecule has 9 nitrogen and oxygen atoms in total. The average Bonchev–Trinajstić information content (AvgIpc) is 3.35. The number of ether oxygens (including phenoxy) is 2. The highest BCUT2D eigenvalue weighted by Crippen LogP contribution is 2.33. The summed E-state index contributed by atoms with van der Waals surface area (Å²) in [7, 11) is 0. The number of nitro groups is 1. The lowest BCUT2D eigenvalue weighted by Gasteiger charge is -1.98. The second kappa shape index (κ2) is 7.45. The van der Waals surface area contributed by atoms with Gasteiger partial charge in [0.2, 0.25) is 17.8 Å². The Balaban J connectivity index is 1.43. The van der Waals surface area contributed by atoms with E-state index in [-0.39, 0.29) is 18.4 Å². The number of rotatable bonds is 5. The zero-order valence-corrected chi connectivity index (χ0v) is 15.0. The van der Waals surface area contributed by atoms with E-state index in [4.69, 9.17) is 9.47 Å². The monoisotopic (exact) mass is 396 g/mol. The molecule has 1 aromatic heterocycles. The van der Waals surface area contributed by atoms with Gasteiger partial charge in [0.15, 0.2) is 11.5 Å². The van der Waals surface area contributed by atoms with Gasteiger partial charge in [-0.1, -0.05) is 29.5 Å². The molecule has 0 spiro atoms. The lowest BCUT2D eigenvalue weighted by Crippen LogP contribution is -2.07. The molecule has 0 saturated carbocycles.